The summed E-state index contributed by atoms with van der Waals surface area (Å²) >= 11 is 0. The fourth-order valence-electron chi connectivity index (χ4n) is 2.73. The molecule has 0 heterocycles. The van der Waals surface area contributed by atoms with E-state index in [0.29, 0.717) is 18.0 Å². The van der Waals surface area contributed by atoms with Gasteiger partial charge in [-0.2, -0.15) is 0 Å². The third-order valence-corrected chi connectivity index (χ3v) is 4.56. The van der Waals surface area contributed by atoms with Crippen LogP contribution in [0.25, 0.3) is 0 Å². The molecule has 2 amide bonds. The fraction of sp³-hybridized carbons (Fsp3) is 0.381. The quantitative estimate of drug-likeness (QED) is 0.771. The number of amides is 2. The summed E-state index contributed by atoms with van der Waals surface area (Å²) in [5.41, 5.74) is 2.10. The number of carbonyl (C=O) groups excluding carboxylic acids is 1. The number of hydrogen-bond donors (Lipinski definition) is 1. The Hall–Kier alpha value is -2.89. The molecule has 0 spiro atoms. The molecule has 146 valence electrons. The minimum atomic E-state index is -0.120. The molecule has 0 unspecified atom stereocenters. The topological polar surface area (TPSA) is 60.0 Å². The molecule has 27 heavy (non-hydrogen) atoms. The first-order valence-electron chi connectivity index (χ1n) is 8.83. The van der Waals surface area contributed by atoms with Crippen molar-refractivity contribution in [2.24, 2.45) is 0 Å². The molecule has 1 N–H and O–H groups in total. The lowest BCUT2D eigenvalue weighted by Crippen LogP contribution is -2.42. The lowest BCUT2D eigenvalue weighted by Gasteiger charge is -2.25. The maximum atomic E-state index is 12.5. The van der Waals surface area contributed by atoms with Gasteiger partial charge in [-0.15, -0.1) is 0 Å². The van der Waals surface area contributed by atoms with Gasteiger partial charge in [-0.05, 0) is 48.7 Å². The minimum absolute atomic E-state index is 0.0591. The molecule has 0 fully saturated rings. The van der Waals surface area contributed by atoms with Crippen LogP contribution < -0.4 is 19.5 Å². The number of hydrogen-bond acceptors (Lipinski definition) is 4. The molecule has 0 aliphatic carbocycles. The maximum absolute atomic E-state index is 12.5. The second-order valence-corrected chi connectivity index (χ2v) is 6.36. The van der Waals surface area contributed by atoms with Gasteiger partial charge in [-0.25, -0.2) is 4.79 Å². The van der Waals surface area contributed by atoms with Crippen molar-refractivity contribution in [3.63, 3.8) is 0 Å². The Morgan fingerprint density at radius 1 is 0.963 bits per heavy atom. The molecule has 0 saturated heterocycles. The number of benzene rings is 2. The van der Waals surface area contributed by atoms with Crippen molar-refractivity contribution in [1.82, 2.24) is 10.2 Å². The summed E-state index contributed by atoms with van der Waals surface area (Å²) in [7, 11) is 6.64. The van der Waals surface area contributed by atoms with E-state index in [2.05, 4.69) is 5.32 Å². The first kappa shape index (κ1) is 20.4. The first-order chi connectivity index (χ1) is 13.0. The molecule has 6 heteroatoms. The third-order valence-electron chi connectivity index (χ3n) is 4.56. The summed E-state index contributed by atoms with van der Waals surface area (Å²) in [4.78, 5) is 14.2. The van der Waals surface area contributed by atoms with Crippen LogP contribution in [0.5, 0.6) is 17.2 Å². The number of nitrogens with one attached hydrogen (secondary N) is 1. The first-order valence-corrected chi connectivity index (χ1v) is 8.83. The van der Waals surface area contributed by atoms with Gasteiger partial charge >= 0.3 is 6.03 Å². The van der Waals surface area contributed by atoms with Crippen molar-refractivity contribution in [1.29, 1.82) is 0 Å². The Morgan fingerprint density at radius 2 is 1.59 bits per heavy atom. The molecule has 1 atom stereocenters. The van der Waals surface area contributed by atoms with E-state index in [9.17, 15) is 4.79 Å². The molecule has 0 aliphatic rings. The molecule has 0 radical (unpaired) electrons. The Labute approximate surface area is 161 Å². The van der Waals surface area contributed by atoms with Gasteiger partial charge in [0.15, 0.2) is 11.5 Å². The lowest BCUT2D eigenvalue weighted by molar-refractivity contribution is 0.193. The average molecular weight is 372 g/mol. The summed E-state index contributed by atoms with van der Waals surface area (Å²) in [5.74, 6) is 2.13. The monoisotopic (exact) mass is 372 g/mol. The standard InChI is InChI=1S/C21H28N2O4/c1-15(12-16-6-9-18(25-3)10-7-16)23(2)21(24)22-14-17-8-11-19(26-4)20(13-17)27-5/h6-11,13,15H,12,14H2,1-5H3,(H,22,24)/t15-/m0/s1. The zero-order valence-electron chi connectivity index (χ0n) is 16.6. The van der Waals surface area contributed by atoms with Crippen LogP contribution in [-0.4, -0.2) is 45.3 Å². The van der Waals surface area contributed by atoms with Gasteiger partial charge in [0, 0.05) is 19.6 Å². The van der Waals surface area contributed by atoms with E-state index in [-0.39, 0.29) is 12.1 Å². The van der Waals surface area contributed by atoms with Gasteiger partial charge in [-0.3, -0.25) is 0 Å². The molecule has 6 nitrogen and oxygen atoms in total. The van der Waals surface area contributed by atoms with Crippen LogP contribution in [-0.2, 0) is 13.0 Å². The van der Waals surface area contributed by atoms with Crippen molar-refractivity contribution in [2.75, 3.05) is 28.4 Å². The van der Waals surface area contributed by atoms with Gasteiger partial charge < -0.3 is 24.4 Å². The van der Waals surface area contributed by atoms with E-state index in [1.807, 2.05) is 49.4 Å². The summed E-state index contributed by atoms with van der Waals surface area (Å²) in [6.07, 6.45) is 0.768. The molecule has 0 bridgehead atoms. The smallest absolute Gasteiger partial charge is 0.317 e. The van der Waals surface area contributed by atoms with Crippen LogP contribution in [0, 0.1) is 0 Å². The van der Waals surface area contributed by atoms with Gasteiger partial charge in [0.05, 0.1) is 21.3 Å². The highest BCUT2D eigenvalue weighted by atomic mass is 16.5. The number of likely N-dealkylation sites (N-methyl/N-ethyl adjacent to an activating group) is 1. The van der Waals surface area contributed by atoms with Gasteiger partial charge in [-0.1, -0.05) is 18.2 Å². The van der Waals surface area contributed by atoms with Crippen molar-refractivity contribution in [3.05, 3.63) is 53.6 Å². The summed E-state index contributed by atoms with van der Waals surface area (Å²) in [5, 5.41) is 2.94. The van der Waals surface area contributed by atoms with E-state index in [1.165, 1.54) is 0 Å². The number of nitrogens with zero attached hydrogens (tertiary/aromatic N) is 1. The number of carbonyl (C=O) groups is 1. The van der Waals surface area contributed by atoms with Crippen molar-refractivity contribution in [3.8, 4) is 17.2 Å². The number of rotatable bonds is 8. The molecule has 0 saturated carbocycles. The molecular weight excluding hydrogens is 344 g/mol. The Bertz CT molecular complexity index is 746. The average Bonchev–Trinajstić information content (AvgIpc) is 2.71. The van der Waals surface area contributed by atoms with E-state index in [4.69, 9.17) is 14.2 Å². The maximum Gasteiger partial charge on any atom is 0.317 e. The van der Waals surface area contributed by atoms with Gasteiger partial charge in [0.1, 0.15) is 5.75 Å². The molecular formula is C21H28N2O4. The second kappa shape index (κ2) is 9.71. The zero-order valence-corrected chi connectivity index (χ0v) is 16.6. The van der Waals surface area contributed by atoms with Gasteiger partial charge in [0.2, 0.25) is 0 Å². The Morgan fingerprint density at radius 3 is 2.19 bits per heavy atom. The second-order valence-electron chi connectivity index (χ2n) is 6.36. The summed E-state index contributed by atoms with van der Waals surface area (Å²) < 4.78 is 15.7. The predicted molar refractivity (Wildman–Crippen MR) is 106 cm³/mol. The summed E-state index contributed by atoms with van der Waals surface area (Å²) in [6.45, 7) is 2.44. The fourth-order valence-corrected chi connectivity index (χ4v) is 2.73. The SMILES string of the molecule is COc1ccc(C[C@H](C)N(C)C(=O)NCc2ccc(OC)c(OC)c2)cc1. The number of methoxy groups -OCH3 is 3. The highest BCUT2D eigenvalue weighted by Crippen LogP contribution is 2.27. The molecule has 0 aromatic heterocycles. The van der Waals surface area contributed by atoms with Crippen molar-refractivity contribution < 1.29 is 19.0 Å². The van der Waals surface area contributed by atoms with E-state index in [1.54, 1.807) is 33.3 Å². The largest absolute Gasteiger partial charge is 0.497 e. The highest BCUT2D eigenvalue weighted by Gasteiger charge is 2.16. The van der Waals surface area contributed by atoms with E-state index in [0.717, 1.165) is 23.3 Å². The van der Waals surface area contributed by atoms with Crippen LogP contribution in [0.1, 0.15) is 18.1 Å². The molecule has 0 aliphatic heterocycles. The Balaban J connectivity index is 1.90. The van der Waals surface area contributed by atoms with Crippen LogP contribution in [0.4, 0.5) is 4.79 Å². The van der Waals surface area contributed by atoms with Crippen LogP contribution in [0.2, 0.25) is 0 Å². The number of ether oxygens (including phenoxy) is 3. The van der Waals surface area contributed by atoms with Crippen molar-refractivity contribution in [2.45, 2.75) is 25.9 Å². The zero-order chi connectivity index (χ0) is 19.8. The van der Waals surface area contributed by atoms with E-state index >= 15 is 0 Å². The van der Waals surface area contributed by atoms with Crippen molar-refractivity contribution >= 4 is 6.03 Å². The van der Waals surface area contributed by atoms with Gasteiger partial charge in [0.25, 0.3) is 0 Å². The lowest BCUT2D eigenvalue weighted by atomic mass is 10.1. The molecule has 2 aromatic carbocycles. The normalized spacial score (nSPS) is 11.4. The van der Waals surface area contributed by atoms with Crippen LogP contribution in [0.15, 0.2) is 42.5 Å². The summed E-state index contributed by atoms with van der Waals surface area (Å²) in [6, 6.07) is 13.4. The molecule has 2 rings (SSSR count). The minimum Gasteiger partial charge on any atom is -0.497 e. The number of urea groups is 1. The van der Waals surface area contributed by atoms with Crippen LogP contribution >= 0.6 is 0 Å². The molecule has 2 aromatic rings. The predicted octanol–water partition coefficient (Wildman–Crippen LogP) is 3.49. The Kier molecular flexibility index (Phi) is 7.34. The van der Waals surface area contributed by atoms with Crippen LogP contribution in [0.3, 0.4) is 0 Å². The highest BCUT2D eigenvalue weighted by molar-refractivity contribution is 5.74. The van der Waals surface area contributed by atoms with E-state index < -0.39 is 0 Å². The third kappa shape index (κ3) is 5.54.